The molecule has 1 heterocycles. The second kappa shape index (κ2) is 3.57. The molecule has 0 aliphatic carbocycles. The average Bonchev–Trinajstić information content (AvgIpc) is 2.74. The van der Waals surface area contributed by atoms with E-state index in [4.69, 9.17) is 5.73 Å². The van der Waals surface area contributed by atoms with Crippen LogP contribution in [0.25, 0.3) is 0 Å². The molecule has 0 spiro atoms. The number of aromatic nitrogens is 2. The Morgan fingerprint density at radius 2 is 2.27 bits per heavy atom. The molecule has 0 aliphatic rings. The topological polar surface area (TPSA) is 60.9 Å². The van der Waals surface area contributed by atoms with E-state index in [1.807, 2.05) is 6.92 Å². The van der Waals surface area contributed by atoms with Gasteiger partial charge in [-0.2, -0.15) is 0 Å². The summed E-state index contributed by atoms with van der Waals surface area (Å²) in [5, 5.41) is 0. The van der Waals surface area contributed by atoms with Gasteiger partial charge in [-0.1, -0.05) is 0 Å². The fraction of sp³-hybridized carbons (Fsp3) is 0.0909. The minimum absolute atomic E-state index is 0.101. The molecule has 0 bridgehead atoms. The third-order valence-electron chi connectivity index (χ3n) is 2.26. The summed E-state index contributed by atoms with van der Waals surface area (Å²) in [5.41, 5.74) is 7.88. The lowest BCUT2D eigenvalue weighted by Gasteiger charge is -2.04. The number of carbonyl (C=O) groups is 1. The van der Waals surface area contributed by atoms with E-state index in [1.54, 1.807) is 30.6 Å². The maximum Gasteiger partial charge on any atom is 0.263 e. The van der Waals surface area contributed by atoms with Crippen LogP contribution in [0.4, 0.5) is 5.69 Å². The Balaban J connectivity index is 2.39. The Morgan fingerprint density at radius 1 is 1.47 bits per heavy atom. The number of anilines is 1. The van der Waals surface area contributed by atoms with Crippen molar-refractivity contribution in [2.24, 2.45) is 0 Å². The largest absolute Gasteiger partial charge is 0.399 e. The average molecular weight is 201 g/mol. The number of carbonyl (C=O) groups excluding carboxylic acids is 1. The van der Waals surface area contributed by atoms with E-state index in [0.29, 0.717) is 11.3 Å². The quantitative estimate of drug-likeness (QED) is 0.710. The van der Waals surface area contributed by atoms with Crippen molar-refractivity contribution in [2.45, 2.75) is 6.92 Å². The van der Waals surface area contributed by atoms with Crippen molar-refractivity contribution < 1.29 is 4.79 Å². The van der Waals surface area contributed by atoms with Gasteiger partial charge in [-0.3, -0.25) is 9.36 Å². The minimum atomic E-state index is -0.101. The number of aryl methyl sites for hydroxylation is 1. The van der Waals surface area contributed by atoms with E-state index >= 15 is 0 Å². The summed E-state index contributed by atoms with van der Waals surface area (Å²) in [4.78, 5) is 15.7. The zero-order valence-corrected chi connectivity index (χ0v) is 8.34. The van der Waals surface area contributed by atoms with E-state index in [1.165, 1.54) is 10.9 Å². The third kappa shape index (κ3) is 1.74. The molecule has 0 atom stereocenters. The van der Waals surface area contributed by atoms with Gasteiger partial charge in [-0.25, -0.2) is 4.98 Å². The number of nitrogens with zero attached hydrogens (tertiary/aromatic N) is 2. The van der Waals surface area contributed by atoms with Gasteiger partial charge in [-0.15, -0.1) is 0 Å². The number of nitrogens with two attached hydrogens (primary N) is 1. The fourth-order valence-corrected chi connectivity index (χ4v) is 1.34. The standard InChI is InChI=1S/C11H11N3O/c1-8-6-9(2-3-10(8)12)11(15)14-5-4-13-7-14/h2-7H,12H2,1H3. The zero-order valence-electron chi connectivity index (χ0n) is 8.34. The van der Waals surface area contributed by atoms with Gasteiger partial charge in [0.05, 0.1) is 0 Å². The van der Waals surface area contributed by atoms with E-state index in [2.05, 4.69) is 4.98 Å². The van der Waals surface area contributed by atoms with Crippen LogP contribution in [0.5, 0.6) is 0 Å². The zero-order chi connectivity index (χ0) is 10.8. The Morgan fingerprint density at radius 3 is 2.87 bits per heavy atom. The molecule has 0 amide bonds. The maximum absolute atomic E-state index is 11.9. The van der Waals surface area contributed by atoms with Crippen LogP contribution in [0.1, 0.15) is 15.9 Å². The summed E-state index contributed by atoms with van der Waals surface area (Å²) in [6.45, 7) is 1.88. The SMILES string of the molecule is Cc1cc(C(=O)n2ccnc2)ccc1N. The molecule has 0 fully saturated rings. The first-order valence-electron chi connectivity index (χ1n) is 4.57. The molecule has 15 heavy (non-hydrogen) atoms. The van der Waals surface area contributed by atoms with Crippen LogP contribution in [0, 0.1) is 6.92 Å². The molecule has 1 aromatic carbocycles. The molecule has 0 saturated carbocycles. The number of hydrogen-bond donors (Lipinski definition) is 1. The van der Waals surface area contributed by atoms with Gasteiger partial charge in [0.25, 0.3) is 5.91 Å². The maximum atomic E-state index is 11.9. The highest BCUT2D eigenvalue weighted by Gasteiger charge is 2.08. The van der Waals surface area contributed by atoms with Gasteiger partial charge in [-0.05, 0) is 30.7 Å². The highest BCUT2D eigenvalue weighted by atomic mass is 16.2. The second-order valence-corrected chi connectivity index (χ2v) is 3.35. The highest BCUT2D eigenvalue weighted by Crippen LogP contribution is 2.13. The van der Waals surface area contributed by atoms with Crippen LogP contribution >= 0.6 is 0 Å². The van der Waals surface area contributed by atoms with Crippen molar-refractivity contribution in [1.82, 2.24) is 9.55 Å². The Labute approximate surface area is 87.4 Å². The summed E-state index contributed by atoms with van der Waals surface area (Å²) in [5.74, 6) is -0.101. The predicted octanol–water partition coefficient (Wildman–Crippen LogP) is 1.46. The Hall–Kier alpha value is -2.10. The molecule has 0 saturated heterocycles. The van der Waals surface area contributed by atoms with Gasteiger partial charge >= 0.3 is 0 Å². The molecule has 2 aromatic rings. The van der Waals surface area contributed by atoms with E-state index in [0.717, 1.165) is 5.56 Å². The van der Waals surface area contributed by atoms with Crippen molar-refractivity contribution in [3.05, 3.63) is 48.0 Å². The lowest BCUT2D eigenvalue weighted by Crippen LogP contribution is -2.10. The van der Waals surface area contributed by atoms with Crippen molar-refractivity contribution in [3.8, 4) is 0 Å². The number of imidazole rings is 1. The monoisotopic (exact) mass is 201 g/mol. The first kappa shape index (κ1) is 9.45. The summed E-state index contributed by atoms with van der Waals surface area (Å²) in [6.07, 6.45) is 4.67. The number of hydrogen-bond acceptors (Lipinski definition) is 3. The Kier molecular flexibility index (Phi) is 2.25. The molecule has 2 N–H and O–H groups in total. The van der Waals surface area contributed by atoms with Crippen molar-refractivity contribution in [2.75, 3.05) is 5.73 Å². The van der Waals surface area contributed by atoms with Gasteiger partial charge < -0.3 is 5.73 Å². The minimum Gasteiger partial charge on any atom is -0.399 e. The van der Waals surface area contributed by atoms with Gasteiger partial charge in [0.1, 0.15) is 6.33 Å². The van der Waals surface area contributed by atoms with Crippen molar-refractivity contribution in [3.63, 3.8) is 0 Å². The summed E-state index contributed by atoms with van der Waals surface area (Å²) in [6, 6.07) is 5.22. The lowest BCUT2D eigenvalue weighted by molar-refractivity contribution is 0.0959. The Bertz CT molecular complexity index is 489. The molecule has 2 rings (SSSR count). The number of rotatable bonds is 1. The van der Waals surface area contributed by atoms with E-state index in [9.17, 15) is 4.79 Å². The molecular weight excluding hydrogens is 190 g/mol. The molecule has 4 heteroatoms. The third-order valence-corrected chi connectivity index (χ3v) is 2.26. The number of benzene rings is 1. The molecule has 0 unspecified atom stereocenters. The van der Waals surface area contributed by atoms with Crippen molar-refractivity contribution >= 4 is 11.6 Å². The first-order valence-corrected chi connectivity index (χ1v) is 4.57. The summed E-state index contributed by atoms with van der Waals surface area (Å²) >= 11 is 0. The molecule has 0 aliphatic heterocycles. The summed E-state index contributed by atoms with van der Waals surface area (Å²) < 4.78 is 1.44. The highest BCUT2D eigenvalue weighted by molar-refractivity contribution is 5.96. The van der Waals surface area contributed by atoms with E-state index < -0.39 is 0 Å². The van der Waals surface area contributed by atoms with Crippen LogP contribution in [0.2, 0.25) is 0 Å². The molecule has 76 valence electrons. The van der Waals surface area contributed by atoms with Crippen LogP contribution in [0.15, 0.2) is 36.9 Å². The predicted molar refractivity (Wildman–Crippen MR) is 57.5 cm³/mol. The van der Waals surface area contributed by atoms with Gasteiger partial charge in [0.15, 0.2) is 0 Å². The fourth-order valence-electron chi connectivity index (χ4n) is 1.34. The lowest BCUT2D eigenvalue weighted by atomic mass is 10.1. The van der Waals surface area contributed by atoms with E-state index in [-0.39, 0.29) is 5.91 Å². The van der Waals surface area contributed by atoms with Crippen LogP contribution in [-0.2, 0) is 0 Å². The van der Waals surface area contributed by atoms with Crippen LogP contribution in [-0.4, -0.2) is 15.5 Å². The van der Waals surface area contributed by atoms with Crippen molar-refractivity contribution in [1.29, 1.82) is 0 Å². The smallest absolute Gasteiger partial charge is 0.263 e. The molecule has 0 radical (unpaired) electrons. The van der Waals surface area contributed by atoms with Gasteiger partial charge in [0, 0.05) is 23.6 Å². The second-order valence-electron chi connectivity index (χ2n) is 3.35. The summed E-state index contributed by atoms with van der Waals surface area (Å²) in [7, 11) is 0. The molecular formula is C11H11N3O. The molecule has 4 nitrogen and oxygen atoms in total. The number of nitrogen functional groups attached to an aromatic ring is 1. The normalized spacial score (nSPS) is 10.2. The first-order chi connectivity index (χ1) is 7.18. The van der Waals surface area contributed by atoms with Gasteiger partial charge in [0.2, 0.25) is 0 Å². The molecule has 1 aromatic heterocycles. The van der Waals surface area contributed by atoms with Crippen LogP contribution < -0.4 is 5.73 Å². The van der Waals surface area contributed by atoms with Crippen LogP contribution in [0.3, 0.4) is 0 Å².